The van der Waals surface area contributed by atoms with Crippen molar-refractivity contribution >= 4 is 5.69 Å². The van der Waals surface area contributed by atoms with Gasteiger partial charge in [-0.2, -0.15) is 0 Å². The summed E-state index contributed by atoms with van der Waals surface area (Å²) in [5.74, 6) is 0. The molecular formula is C27H49N. The molecule has 0 unspecified atom stereocenters. The highest BCUT2D eigenvalue weighted by Crippen LogP contribution is 2.27. The van der Waals surface area contributed by atoms with Gasteiger partial charge in [0.15, 0.2) is 0 Å². The van der Waals surface area contributed by atoms with Crippen LogP contribution in [0.5, 0.6) is 0 Å². The van der Waals surface area contributed by atoms with E-state index < -0.39 is 0 Å². The lowest BCUT2D eigenvalue weighted by Gasteiger charge is -2.18. The van der Waals surface area contributed by atoms with Crippen LogP contribution in [-0.4, -0.2) is 0 Å². The van der Waals surface area contributed by atoms with E-state index >= 15 is 0 Å². The Morgan fingerprint density at radius 2 is 0.929 bits per heavy atom. The van der Waals surface area contributed by atoms with Crippen molar-refractivity contribution in [1.29, 1.82) is 0 Å². The van der Waals surface area contributed by atoms with E-state index in [1.807, 2.05) is 0 Å². The first-order valence-corrected chi connectivity index (χ1v) is 12.6. The Morgan fingerprint density at radius 1 is 0.500 bits per heavy atom. The number of nitrogens with two attached hydrogens (primary N) is 1. The van der Waals surface area contributed by atoms with Gasteiger partial charge >= 0.3 is 0 Å². The number of hydrogen-bond donors (Lipinski definition) is 1. The van der Waals surface area contributed by atoms with Gasteiger partial charge in [-0.3, -0.25) is 0 Å². The van der Waals surface area contributed by atoms with Crippen molar-refractivity contribution < 1.29 is 0 Å². The molecule has 2 N–H and O–H groups in total. The third kappa shape index (κ3) is 10.5. The summed E-state index contributed by atoms with van der Waals surface area (Å²) in [6, 6.07) is 4.54. The molecule has 162 valence electrons. The van der Waals surface area contributed by atoms with Crippen LogP contribution in [0.3, 0.4) is 0 Å². The van der Waals surface area contributed by atoms with E-state index in [2.05, 4.69) is 32.9 Å². The second-order valence-corrected chi connectivity index (χ2v) is 8.76. The zero-order valence-electron chi connectivity index (χ0n) is 19.5. The lowest BCUT2D eigenvalue weighted by Crippen LogP contribution is -2.06. The fraction of sp³-hybridized carbons (Fsp3) is 0.778. The number of benzene rings is 1. The van der Waals surface area contributed by atoms with Crippen molar-refractivity contribution in [2.45, 2.75) is 136 Å². The minimum atomic E-state index is 1.05. The first kappa shape index (κ1) is 25.1. The molecule has 1 nitrogen and oxygen atoms in total. The highest BCUT2D eigenvalue weighted by Gasteiger charge is 2.12. The molecule has 28 heavy (non-hydrogen) atoms. The van der Waals surface area contributed by atoms with Gasteiger partial charge in [-0.15, -0.1) is 0 Å². The monoisotopic (exact) mass is 387 g/mol. The van der Waals surface area contributed by atoms with Gasteiger partial charge < -0.3 is 5.73 Å². The SMILES string of the molecule is CCCCCCCc1ccc(N)c(CCCCCCC)c1CCCCCCC. The highest BCUT2D eigenvalue weighted by atomic mass is 14.6. The standard InChI is InChI=1S/C27H49N/c1-4-7-10-13-16-19-24-22-23-27(28)26(21-18-15-12-9-6-3)25(24)20-17-14-11-8-5-2/h22-23H,4-21,28H2,1-3H3. The molecule has 1 aromatic rings. The molecule has 0 amide bonds. The van der Waals surface area contributed by atoms with Crippen LogP contribution in [0.4, 0.5) is 5.69 Å². The average Bonchev–Trinajstić information content (AvgIpc) is 2.70. The van der Waals surface area contributed by atoms with Crippen molar-refractivity contribution in [2.75, 3.05) is 5.73 Å². The van der Waals surface area contributed by atoms with Gasteiger partial charge in [0.25, 0.3) is 0 Å². The van der Waals surface area contributed by atoms with Crippen LogP contribution in [-0.2, 0) is 19.3 Å². The van der Waals surface area contributed by atoms with Gasteiger partial charge in [0, 0.05) is 5.69 Å². The molecule has 0 saturated heterocycles. The Bertz CT molecular complexity index is 491. The van der Waals surface area contributed by atoms with Crippen molar-refractivity contribution in [3.05, 3.63) is 28.8 Å². The highest BCUT2D eigenvalue weighted by molar-refractivity contribution is 5.54. The van der Waals surface area contributed by atoms with Crippen LogP contribution in [0.25, 0.3) is 0 Å². The molecule has 0 aliphatic heterocycles. The van der Waals surface area contributed by atoms with Gasteiger partial charge in [-0.1, -0.05) is 104 Å². The number of aryl methyl sites for hydroxylation is 1. The maximum atomic E-state index is 6.48. The molecular weight excluding hydrogens is 338 g/mol. The summed E-state index contributed by atoms with van der Waals surface area (Å²) in [7, 11) is 0. The smallest absolute Gasteiger partial charge is 0.0349 e. The van der Waals surface area contributed by atoms with E-state index in [0.29, 0.717) is 0 Å². The van der Waals surface area contributed by atoms with E-state index in [4.69, 9.17) is 5.73 Å². The fourth-order valence-electron chi connectivity index (χ4n) is 4.33. The number of rotatable bonds is 18. The van der Waals surface area contributed by atoms with Crippen LogP contribution in [0.2, 0.25) is 0 Å². The summed E-state index contributed by atoms with van der Waals surface area (Å²) < 4.78 is 0. The topological polar surface area (TPSA) is 26.0 Å². The minimum Gasteiger partial charge on any atom is -0.398 e. The van der Waals surface area contributed by atoms with E-state index in [1.54, 1.807) is 11.1 Å². The lowest BCUT2D eigenvalue weighted by atomic mass is 9.89. The van der Waals surface area contributed by atoms with Gasteiger partial charge in [0.05, 0.1) is 0 Å². The third-order valence-corrected chi connectivity index (χ3v) is 6.17. The summed E-state index contributed by atoms with van der Waals surface area (Å²) >= 11 is 0. The predicted octanol–water partition coefficient (Wildman–Crippen LogP) is 8.81. The Hall–Kier alpha value is -0.980. The summed E-state index contributed by atoms with van der Waals surface area (Å²) in [6.45, 7) is 6.88. The Balaban J connectivity index is 2.73. The average molecular weight is 388 g/mol. The summed E-state index contributed by atoms with van der Waals surface area (Å²) in [4.78, 5) is 0. The summed E-state index contributed by atoms with van der Waals surface area (Å²) in [6.07, 6.45) is 24.0. The van der Waals surface area contributed by atoms with E-state index in [-0.39, 0.29) is 0 Å². The molecule has 0 saturated carbocycles. The number of anilines is 1. The number of hydrogen-bond acceptors (Lipinski definition) is 1. The van der Waals surface area contributed by atoms with Gasteiger partial charge in [0.2, 0.25) is 0 Å². The van der Waals surface area contributed by atoms with E-state index in [9.17, 15) is 0 Å². The fourth-order valence-corrected chi connectivity index (χ4v) is 4.33. The Morgan fingerprint density at radius 3 is 1.43 bits per heavy atom. The first-order valence-electron chi connectivity index (χ1n) is 12.6. The number of nitrogen functional groups attached to an aromatic ring is 1. The molecule has 0 fully saturated rings. The molecule has 1 rings (SSSR count). The molecule has 0 heterocycles. The molecule has 0 spiro atoms. The number of unbranched alkanes of at least 4 members (excludes halogenated alkanes) is 12. The summed E-state index contributed by atoms with van der Waals surface area (Å²) in [5.41, 5.74) is 12.3. The molecule has 0 radical (unpaired) electrons. The van der Waals surface area contributed by atoms with Crippen molar-refractivity contribution in [1.82, 2.24) is 0 Å². The zero-order valence-corrected chi connectivity index (χ0v) is 19.5. The van der Waals surface area contributed by atoms with E-state index in [1.165, 1.54) is 121 Å². The quantitative estimate of drug-likeness (QED) is 0.197. The predicted molar refractivity (Wildman–Crippen MR) is 128 cm³/mol. The van der Waals surface area contributed by atoms with Crippen LogP contribution < -0.4 is 5.73 Å². The Labute approximate surface area is 176 Å². The molecule has 0 aliphatic carbocycles. The molecule has 0 atom stereocenters. The van der Waals surface area contributed by atoms with Crippen LogP contribution in [0, 0.1) is 0 Å². The maximum Gasteiger partial charge on any atom is 0.0349 e. The van der Waals surface area contributed by atoms with Gasteiger partial charge in [0.1, 0.15) is 0 Å². The molecule has 1 aromatic carbocycles. The molecule has 1 heteroatoms. The largest absolute Gasteiger partial charge is 0.398 e. The lowest BCUT2D eigenvalue weighted by molar-refractivity contribution is 0.613. The third-order valence-electron chi connectivity index (χ3n) is 6.17. The van der Waals surface area contributed by atoms with Gasteiger partial charge in [-0.25, -0.2) is 0 Å². The molecule has 0 bridgehead atoms. The van der Waals surface area contributed by atoms with Crippen molar-refractivity contribution in [3.63, 3.8) is 0 Å². The normalized spacial score (nSPS) is 11.2. The van der Waals surface area contributed by atoms with Crippen LogP contribution >= 0.6 is 0 Å². The summed E-state index contributed by atoms with van der Waals surface area (Å²) in [5, 5.41) is 0. The molecule has 0 aromatic heterocycles. The van der Waals surface area contributed by atoms with Crippen molar-refractivity contribution in [3.8, 4) is 0 Å². The van der Waals surface area contributed by atoms with Gasteiger partial charge in [-0.05, 0) is 61.3 Å². The van der Waals surface area contributed by atoms with Crippen molar-refractivity contribution in [2.24, 2.45) is 0 Å². The van der Waals surface area contributed by atoms with E-state index in [0.717, 1.165) is 5.69 Å². The van der Waals surface area contributed by atoms with Crippen LogP contribution in [0.15, 0.2) is 12.1 Å². The van der Waals surface area contributed by atoms with Crippen LogP contribution in [0.1, 0.15) is 134 Å². The Kier molecular flexibility index (Phi) is 15.1. The second-order valence-electron chi connectivity index (χ2n) is 8.76. The first-order chi connectivity index (χ1) is 13.7. The minimum absolute atomic E-state index is 1.05. The zero-order chi connectivity index (χ0) is 20.5. The molecule has 0 aliphatic rings. The maximum absolute atomic E-state index is 6.48. The second kappa shape index (κ2) is 16.9.